The lowest BCUT2D eigenvalue weighted by atomic mass is 10.1. The van der Waals surface area contributed by atoms with E-state index in [0.717, 1.165) is 5.69 Å². The van der Waals surface area contributed by atoms with Gasteiger partial charge in [0, 0.05) is 41.7 Å². The van der Waals surface area contributed by atoms with Crippen LogP contribution < -0.4 is 4.90 Å². The molecule has 4 nitrogen and oxygen atoms in total. The summed E-state index contributed by atoms with van der Waals surface area (Å²) in [6.07, 6.45) is 1.15. The molecule has 4 rings (SSSR count). The van der Waals surface area contributed by atoms with Crippen LogP contribution >= 0.6 is 11.6 Å². The second kappa shape index (κ2) is 6.97. The van der Waals surface area contributed by atoms with Crippen molar-refractivity contribution in [2.75, 3.05) is 18.5 Å². The molecule has 3 atom stereocenters. The molecule has 1 saturated heterocycles. The zero-order valence-corrected chi connectivity index (χ0v) is 15.7. The molecule has 2 aromatic rings. The first-order chi connectivity index (χ1) is 13.0. The van der Waals surface area contributed by atoms with E-state index in [-0.39, 0.29) is 29.5 Å². The Bertz CT molecular complexity index is 869. The van der Waals surface area contributed by atoms with Crippen LogP contribution in [0.4, 0.5) is 10.1 Å². The largest absolute Gasteiger partial charge is 0.333 e. The molecule has 1 aliphatic carbocycles. The summed E-state index contributed by atoms with van der Waals surface area (Å²) in [5, 5.41) is 0.352. The predicted octanol–water partition coefficient (Wildman–Crippen LogP) is 3.85. The number of carbonyl (C=O) groups is 2. The third-order valence-corrected chi connectivity index (χ3v) is 5.87. The van der Waals surface area contributed by atoms with E-state index in [9.17, 15) is 14.0 Å². The van der Waals surface area contributed by atoms with Gasteiger partial charge in [-0.05, 0) is 37.1 Å². The fraction of sp³-hybridized carbons (Fsp3) is 0.333. The number of hydrogen-bond acceptors (Lipinski definition) is 2. The molecule has 0 aromatic heterocycles. The third-order valence-electron chi connectivity index (χ3n) is 5.54. The van der Waals surface area contributed by atoms with Gasteiger partial charge in [-0.25, -0.2) is 4.39 Å². The molecule has 1 saturated carbocycles. The van der Waals surface area contributed by atoms with E-state index in [4.69, 9.17) is 11.6 Å². The lowest BCUT2D eigenvalue weighted by Crippen LogP contribution is -2.43. The van der Waals surface area contributed by atoms with Gasteiger partial charge < -0.3 is 9.80 Å². The van der Waals surface area contributed by atoms with Gasteiger partial charge in [-0.15, -0.1) is 0 Å². The van der Waals surface area contributed by atoms with Gasteiger partial charge in [-0.3, -0.25) is 9.59 Å². The SMILES string of the molecule is CN(C(=O)[C@@H]1C[C@@H]1c1c(F)cccc1Cl)[C@H]1CCN(c2ccccc2)C1=O. The highest BCUT2D eigenvalue weighted by Gasteiger charge is 2.49. The number of anilines is 1. The molecular weight excluding hydrogens is 367 g/mol. The first kappa shape index (κ1) is 18.0. The van der Waals surface area contributed by atoms with Crippen LogP contribution in [0.15, 0.2) is 48.5 Å². The maximum absolute atomic E-state index is 14.1. The Labute approximate surface area is 162 Å². The number of para-hydroxylation sites is 1. The van der Waals surface area contributed by atoms with Crippen LogP contribution in [-0.2, 0) is 9.59 Å². The molecule has 0 N–H and O–H groups in total. The number of halogens is 2. The van der Waals surface area contributed by atoms with Gasteiger partial charge in [0.15, 0.2) is 0 Å². The van der Waals surface area contributed by atoms with Crippen molar-refractivity contribution in [3.63, 3.8) is 0 Å². The van der Waals surface area contributed by atoms with E-state index in [1.165, 1.54) is 11.0 Å². The normalized spacial score (nSPS) is 24.2. The molecule has 2 fully saturated rings. The Morgan fingerprint density at radius 1 is 1.19 bits per heavy atom. The molecule has 0 spiro atoms. The van der Waals surface area contributed by atoms with E-state index in [0.29, 0.717) is 30.0 Å². The molecule has 2 amide bonds. The number of likely N-dealkylation sites (N-methyl/N-ethyl adjacent to an activating group) is 1. The van der Waals surface area contributed by atoms with Crippen molar-refractivity contribution < 1.29 is 14.0 Å². The van der Waals surface area contributed by atoms with Crippen LogP contribution in [0, 0.1) is 11.7 Å². The number of carbonyl (C=O) groups excluding carboxylic acids is 2. The van der Waals surface area contributed by atoms with Crippen molar-refractivity contribution in [2.24, 2.45) is 5.92 Å². The Morgan fingerprint density at radius 2 is 1.93 bits per heavy atom. The average Bonchev–Trinajstić information content (AvgIpc) is 3.35. The van der Waals surface area contributed by atoms with Crippen molar-refractivity contribution in [1.29, 1.82) is 0 Å². The maximum atomic E-state index is 14.1. The molecule has 27 heavy (non-hydrogen) atoms. The molecule has 6 heteroatoms. The van der Waals surface area contributed by atoms with Gasteiger partial charge in [-0.2, -0.15) is 0 Å². The summed E-state index contributed by atoms with van der Waals surface area (Å²) in [6, 6.07) is 13.5. The Balaban J connectivity index is 1.46. The molecule has 1 heterocycles. The minimum absolute atomic E-state index is 0.0711. The molecule has 0 bridgehead atoms. The quantitative estimate of drug-likeness (QED) is 0.800. The fourth-order valence-corrected chi connectivity index (χ4v) is 4.26. The first-order valence-electron chi connectivity index (χ1n) is 9.06. The Hall–Kier alpha value is -2.40. The molecule has 0 unspecified atom stereocenters. The number of nitrogens with zero attached hydrogens (tertiary/aromatic N) is 2. The first-order valence-corrected chi connectivity index (χ1v) is 9.44. The maximum Gasteiger partial charge on any atom is 0.249 e. The van der Waals surface area contributed by atoms with Crippen LogP contribution in [0.1, 0.15) is 24.3 Å². The lowest BCUT2D eigenvalue weighted by Gasteiger charge is -2.24. The predicted molar refractivity (Wildman–Crippen MR) is 102 cm³/mol. The number of benzene rings is 2. The Kier molecular flexibility index (Phi) is 4.64. The second-order valence-electron chi connectivity index (χ2n) is 7.16. The smallest absolute Gasteiger partial charge is 0.249 e. The van der Waals surface area contributed by atoms with Crippen LogP contribution in [0.3, 0.4) is 0 Å². The van der Waals surface area contributed by atoms with E-state index < -0.39 is 6.04 Å². The summed E-state index contributed by atoms with van der Waals surface area (Å²) in [4.78, 5) is 28.9. The number of amides is 2. The van der Waals surface area contributed by atoms with Gasteiger partial charge in [0.25, 0.3) is 0 Å². The van der Waals surface area contributed by atoms with Crippen LogP contribution in [0.2, 0.25) is 5.02 Å². The van der Waals surface area contributed by atoms with Crippen LogP contribution in [0.25, 0.3) is 0 Å². The van der Waals surface area contributed by atoms with E-state index >= 15 is 0 Å². The molecule has 0 radical (unpaired) electrons. The minimum atomic E-state index is -0.477. The Morgan fingerprint density at radius 3 is 2.63 bits per heavy atom. The molecule has 140 valence electrons. The van der Waals surface area contributed by atoms with Crippen molar-refractivity contribution >= 4 is 29.1 Å². The zero-order valence-electron chi connectivity index (χ0n) is 14.9. The van der Waals surface area contributed by atoms with Crippen molar-refractivity contribution in [3.8, 4) is 0 Å². The monoisotopic (exact) mass is 386 g/mol. The molecular formula is C21H20ClFN2O2. The van der Waals surface area contributed by atoms with Crippen LogP contribution in [-0.4, -0.2) is 36.3 Å². The topological polar surface area (TPSA) is 40.6 Å². The summed E-state index contributed by atoms with van der Waals surface area (Å²) in [5.74, 6) is -1.10. The van der Waals surface area contributed by atoms with E-state index in [1.807, 2.05) is 30.3 Å². The summed E-state index contributed by atoms with van der Waals surface area (Å²) in [7, 11) is 1.66. The average molecular weight is 387 g/mol. The summed E-state index contributed by atoms with van der Waals surface area (Å²) in [5.41, 5.74) is 1.25. The number of rotatable bonds is 4. The zero-order chi connectivity index (χ0) is 19.1. The van der Waals surface area contributed by atoms with Crippen molar-refractivity contribution in [1.82, 2.24) is 4.90 Å². The van der Waals surface area contributed by atoms with Gasteiger partial charge in [0.05, 0.1) is 0 Å². The van der Waals surface area contributed by atoms with Crippen LogP contribution in [0.5, 0.6) is 0 Å². The highest BCUT2D eigenvalue weighted by Crippen LogP contribution is 2.51. The van der Waals surface area contributed by atoms with Crippen molar-refractivity contribution in [3.05, 3.63) is 64.9 Å². The summed E-state index contributed by atoms with van der Waals surface area (Å²) >= 11 is 6.13. The molecule has 1 aliphatic heterocycles. The standard InChI is InChI=1S/C21H20ClFN2O2/c1-24(18-10-11-25(21(18)27)13-6-3-2-4-7-13)20(26)15-12-14(15)19-16(22)8-5-9-17(19)23/h2-9,14-15,18H,10-12H2,1H3/t14-,15+,18-/m0/s1. The molecule has 2 aliphatic rings. The third kappa shape index (κ3) is 3.21. The lowest BCUT2D eigenvalue weighted by molar-refractivity contribution is -0.137. The molecule has 2 aromatic carbocycles. The van der Waals surface area contributed by atoms with E-state index in [1.54, 1.807) is 24.1 Å². The van der Waals surface area contributed by atoms with Crippen molar-refractivity contribution in [2.45, 2.75) is 24.8 Å². The minimum Gasteiger partial charge on any atom is -0.333 e. The van der Waals surface area contributed by atoms with Gasteiger partial charge in [0.2, 0.25) is 11.8 Å². The second-order valence-corrected chi connectivity index (χ2v) is 7.57. The van der Waals surface area contributed by atoms with Gasteiger partial charge in [-0.1, -0.05) is 35.9 Å². The highest BCUT2D eigenvalue weighted by atomic mass is 35.5. The summed E-state index contributed by atoms with van der Waals surface area (Å²) in [6.45, 7) is 0.582. The van der Waals surface area contributed by atoms with Gasteiger partial charge in [0.1, 0.15) is 11.9 Å². The van der Waals surface area contributed by atoms with Gasteiger partial charge >= 0.3 is 0 Å². The fourth-order valence-electron chi connectivity index (χ4n) is 3.96. The van der Waals surface area contributed by atoms with E-state index in [2.05, 4.69) is 0 Å². The summed E-state index contributed by atoms with van der Waals surface area (Å²) < 4.78 is 14.1. The number of hydrogen-bond donors (Lipinski definition) is 0. The highest BCUT2D eigenvalue weighted by molar-refractivity contribution is 6.31.